The average Bonchev–Trinajstić information content (AvgIpc) is 3.16. The van der Waals surface area contributed by atoms with Gasteiger partial charge in [-0.15, -0.1) is 0 Å². The quantitative estimate of drug-likeness (QED) is 0.614. The number of benzene rings is 3. The molecule has 0 fully saturated rings. The highest BCUT2D eigenvalue weighted by Crippen LogP contribution is 2.45. The van der Waals surface area contributed by atoms with Gasteiger partial charge in [0, 0.05) is 15.8 Å². The molecular formula is C22H14BBrN2O2. The Morgan fingerprint density at radius 1 is 0.714 bits per heavy atom. The van der Waals surface area contributed by atoms with E-state index in [1.165, 1.54) is 0 Å². The fourth-order valence-electron chi connectivity index (χ4n) is 4.03. The summed E-state index contributed by atoms with van der Waals surface area (Å²) in [6, 6.07) is 18.9. The number of anilines is 2. The van der Waals surface area contributed by atoms with Crippen molar-refractivity contribution < 1.29 is 9.59 Å². The minimum Gasteiger partial charge on any atom is -0.325 e. The van der Waals surface area contributed by atoms with Gasteiger partial charge in [-0.3, -0.25) is 9.59 Å². The summed E-state index contributed by atoms with van der Waals surface area (Å²) in [7, 11) is 5.77. The van der Waals surface area contributed by atoms with Gasteiger partial charge in [-0.05, 0) is 46.5 Å². The van der Waals surface area contributed by atoms with Crippen molar-refractivity contribution in [1.29, 1.82) is 0 Å². The molecule has 0 spiro atoms. The normalized spacial score (nSPS) is 19.8. The molecule has 28 heavy (non-hydrogen) atoms. The zero-order valence-electron chi connectivity index (χ0n) is 14.7. The molecule has 2 aliphatic heterocycles. The standard InChI is InChI=1S/C22H14BBrN2O2/c23-13-5-1-11(2-6-13)19-15-9-18-16(10-17(15)25-21(19)27)20(22(28)26-18)12-3-7-14(24)8-4-12/h1-10,19-20H,(H,25,27)(H,26,28). The number of hydrogen-bond donors (Lipinski definition) is 2. The Morgan fingerprint density at radius 2 is 1.14 bits per heavy atom. The highest BCUT2D eigenvalue weighted by molar-refractivity contribution is 9.10. The van der Waals surface area contributed by atoms with Crippen molar-refractivity contribution in [2.24, 2.45) is 0 Å². The molecule has 0 aromatic heterocycles. The number of rotatable bonds is 2. The molecule has 0 saturated carbocycles. The maximum absolute atomic E-state index is 12.7. The molecule has 0 saturated heterocycles. The molecule has 2 N–H and O–H groups in total. The molecule has 2 atom stereocenters. The molecule has 0 bridgehead atoms. The Balaban J connectivity index is 1.59. The largest absolute Gasteiger partial charge is 0.325 e. The van der Waals surface area contributed by atoms with Crippen LogP contribution in [-0.2, 0) is 9.59 Å². The summed E-state index contributed by atoms with van der Waals surface area (Å²) >= 11 is 3.43. The minimum absolute atomic E-state index is 0.0589. The van der Waals surface area contributed by atoms with Crippen LogP contribution in [-0.4, -0.2) is 19.7 Å². The van der Waals surface area contributed by atoms with Crippen LogP contribution in [0, 0.1) is 0 Å². The van der Waals surface area contributed by atoms with Gasteiger partial charge in [-0.25, -0.2) is 0 Å². The number of amides is 2. The predicted octanol–water partition coefficient (Wildman–Crippen LogP) is 3.41. The Morgan fingerprint density at radius 3 is 1.61 bits per heavy atom. The molecule has 2 heterocycles. The lowest BCUT2D eigenvalue weighted by atomic mass is 9.87. The zero-order chi connectivity index (χ0) is 19.4. The SMILES string of the molecule is [B]c1ccc(C2C(=O)Nc3cc4c(cc32)NC(=O)C4c2ccc(Br)cc2)cc1. The fourth-order valence-corrected chi connectivity index (χ4v) is 4.29. The van der Waals surface area contributed by atoms with E-state index in [4.69, 9.17) is 7.85 Å². The molecule has 2 aliphatic rings. The van der Waals surface area contributed by atoms with Crippen molar-refractivity contribution in [1.82, 2.24) is 0 Å². The maximum Gasteiger partial charge on any atom is 0.236 e. The topological polar surface area (TPSA) is 58.2 Å². The highest BCUT2D eigenvalue weighted by Gasteiger charge is 2.38. The third-order valence-electron chi connectivity index (χ3n) is 5.36. The first-order valence-corrected chi connectivity index (χ1v) is 9.71. The van der Waals surface area contributed by atoms with Gasteiger partial charge in [0.15, 0.2) is 0 Å². The van der Waals surface area contributed by atoms with Crippen LogP contribution in [0.2, 0.25) is 0 Å². The van der Waals surface area contributed by atoms with Crippen LogP contribution < -0.4 is 16.1 Å². The second-order valence-electron chi connectivity index (χ2n) is 7.09. The number of carbonyl (C=O) groups excluding carboxylic acids is 2. The van der Waals surface area contributed by atoms with Crippen molar-refractivity contribution >= 4 is 52.4 Å². The van der Waals surface area contributed by atoms with Crippen molar-refractivity contribution in [3.8, 4) is 0 Å². The number of fused-ring (bicyclic) bond motifs is 2. The Labute approximate surface area is 171 Å². The average molecular weight is 429 g/mol. The molecule has 4 nitrogen and oxygen atoms in total. The molecule has 134 valence electrons. The molecule has 2 amide bonds. The van der Waals surface area contributed by atoms with E-state index in [9.17, 15) is 9.59 Å². The lowest BCUT2D eigenvalue weighted by Crippen LogP contribution is -2.14. The summed E-state index contributed by atoms with van der Waals surface area (Å²) in [6.07, 6.45) is 0. The predicted molar refractivity (Wildman–Crippen MR) is 113 cm³/mol. The van der Waals surface area contributed by atoms with Crippen molar-refractivity contribution in [2.75, 3.05) is 10.6 Å². The number of halogens is 1. The summed E-state index contributed by atoms with van der Waals surface area (Å²) in [4.78, 5) is 25.3. The van der Waals surface area contributed by atoms with Crippen LogP contribution in [0.15, 0.2) is 65.1 Å². The van der Waals surface area contributed by atoms with E-state index in [0.29, 0.717) is 5.46 Å². The third-order valence-corrected chi connectivity index (χ3v) is 5.89. The molecule has 3 aromatic rings. The first kappa shape index (κ1) is 17.3. The van der Waals surface area contributed by atoms with Crippen LogP contribution in [0.1, 0.15) is 34.1 Å². The molecule has 2 radical (unpaired) electrons. The second-order valence-corrected chi connectivity index (χ2v) is 8.01. The van der Waals surface area contributed by atoms with E-state index in [1.807, 2.05) is 48.5 Å². The minimum atomic E-state index is -0.412. The van der Waals surface area contributed by atoms with E-state index in [2.05, 4.69) is 26.6 Å². The van der Waals surface area contributed by atoms with Crippen LogP contribution in [0.4, 0.5) is 11.4 Å². The van der Waals surface area contributed by atoms with Crippen molar-refractivity contribution in [3.05, 3.63) is 87.4 Å². The van der Waals surface area contributed by atoms with Crippen LogP contribution in [0.5, 0.6) is 0 Å². The molecule has 2 unspecified atom stereocenters. The highest BCUT2D eigenvalue weighted by atomic mass is 79.9. The van der Waals surface area contributed by atoms with Crippen LogP contribution in [0.25, 0.3) is 0 Å². The first-order valence-electron chi connectivity index (χ1n) is 8.92. The van der Waals surface area contributed by atoms with Crippen LogP contribution >= 0.6 is 15.9 Å². The van der Waals surface area contributed by atoms with Crippen molar-refractivity contribution in [2.45, 2.75) is 11.8 Å². The van der Waals surface area contributed by atoms with E-state index in [1.54, 1.807) is 12.1 Å². The van der Waals surface area contributed by atoms with Gasteiger partial charge in [0.05, 0.1) is 11.8 Å². The summed E-state index contributed by atoms with van der Waals surface area (Å²) in [5.41, 5.74) is 5.70. The summed E-state index contributed by atoms with van der Waals surface area (Å²) in [5.74, 6) is -0.934. The lowest BCUT2D eigenvalue weighted by Gasteiger charge is -2.12. The van der Waals surface area contributed by atoms with E-state index >= 15 is 0 Å². The summed E-state index contributed by atoms with van der Waals surface area (Å²) < 4.78 is 0.961. The monoisotopic (exact) mass is 428 g/mol. The fraction of sp³-hybridized carbons (Fsp3) is 0.0909. The van der Waals surface area contributed by atoms with Gasteiger partial charge < -0.3 is 10.6 Å². The number of carbonyl (C=O) groups is 2. The van der Waals surface area contributed by atoms with E-state index < -0.39 is 5.92 Å². The second kappa shape index (κ2) is 6.35. The molecule has 5 rings (SSSR count). The Kier molecular flexibility index (Phi) is 3.91. The van der Waals surface area contributed by atoms with Gasteiger partial charge in [-0.2, -0.15) is 0 Å². The number of nitrogens with one attached hydrogen (secondary N) is 2. The van der Waals surface area contributed by atoms with Gasteiger partial charge in [-0.1, -0.05) is 57.8 Å². The van der Waals surface area contributed by atoms with Gasteiger partial charge >= 0.3 is 0 Å². The molecule has 6 heteroatoms. The van der Waals surface area contributed by atoms with Crippen molar-refractivity contribution in [3.63, 3.8) is 0 Å². The lowest BCUT2D eigenvalue weighted by molar-refractivity contribution is -0.117. The Bertz CT molecular complexity index is 1040. The Hall–Kier alpha value is -2.86. The first-order chi connectivity index (χ1) is 13.5. The van der Waals surface area contributed by atoms with E-state index in [0.717, 1.165) is 38.1 Å². The number of hydrogen-bond acceptors (Lipinski definition) is 2. The summed E-state index contributed by atoms with van der Waals surface area (Å²) in [5, 5.41) is 5.95. The molecule has 0 aliphatic carbocycles. The van der Waals surface area contributed by atoms with Gasteiger partial charge in [0.1, 0.15) is 7.85 Å². The van der Waals surface area contributed by atoms with Gasteiger partial charge in [0.2, 0.25) is 11.8 Å². The zero-order valence-corrected chi connectivity index (χ0v) is 16.3. The van der Waals surface area contributed by atoms with Crippen LogP contribution in [0.3, 0.4) is 0 Å². The third kappa shape index (κ3) is 2.67. The molecule has 3 aromatic carbocycles. The maximum atomic E-state index is 12.7. The smallest absolute Gasteiger partial charge is 0.236 e. The van der Waals surface area contributed by atoms with Gasteiger partial charge in [0.25, 0.3) is 0 Å². The molecular weight excluding hydrogens is 415 g/mol. The summed E-state index contributed by atoms with van der Waals surface area (Å²) in [6.45, 7) is 0. The van der Waals surface area contributed by atoms with E-state index in [-0.39, 0.29) is 17.7 Å².